The van der Waals surface area contributed by atoms with Crippen LogP contribution in [0.5, 0.6) is 0 Å². The molecule has 0 unspecified atom stereocenters. The van der Waals surface area contributed by atoms with Gasteiger partial charge in [-0.15, -0.1) is 0 Å². The number of ketones is 1. The number of carbonyl (C=O) groups is 2. The zero-order valence-corrected chi connectivity index (χ0v) is 15.6. The Morgan fingerprint density at radius 3 is 2.52 bits per heavy atom. The summed E-state index contributed by atoms with van der Waals surface area (Å²) in [6.45, 7) is 10.4. The molecule has 1 amide bonds. The Morgan fingerprint density at radius 2 is 1.96 bits per heavy atom. The van der Waals surface area contributed by atoms with Gasteiger partial charge in [-0.25, -0.2) is 0 Å². The van der Waals surface area contributed by atoms with Gasteiger partial charge < -0.3 is 14.6 Å². The van der Waals surface area contributed by atoms with Crippen molar-refractivity contribution in [3.63, 3.8) is 0 Å². The van der Waals surface area contributed by atoms with Crippen LogP contribution in [-0.4, -0.2) is 71.9 Å². The normalized spacial score (nSPS) is 21.7. The van der Waals surface area contributed by atoms with Crippen LogP contribution in [0, 0.1) is 6.92 Å². The van der Waals surface area contributed by atoms with Crippen LogP contribution in [0.1, 0.15) is 58.8 Å². The van der Waals surface area contributed by atoms with Crippen LogP contribution in [0.2, 0.25) is 0 Å². The van der Waals surface area contributed by atoms with Crippen LogP contribution in [0.3, 0.4) is 0 Å². The predicted octanol–water partition coefficient (Wildman–Crippen LogP) is 2.02. The Hall–Kier alpha value is -1.66. The van der Waals surface area contributed by atoms with Crippen molar-refractivity contribution in [3.8, 4) is 0 Å². The number of H-pyrrole nitrogens is 1. The highest BCUT2D eigenvalue weighted by Crippen LogP contribution is 2.24. The van der Waals surface area contributed by atoms with E-state index in [2.05, 4.69) is 16.8 Å². The van der Waals surface area contributed by atoms with Gasteiger partial charge >= 0.3 is 0 Å². The monoisotopic (exact) mass is 347 g/mol. The number of aryl methyl sites for hydroxylation is 1. The quantitative estimate of drug-likeness (QED) is 0.828. The molecule has 2 aliphatic rings. The molecule has 0 saturated carbocycles. The first-order valence-corrected chi connectivity index (χ1v) is 9.36. The van der Waals surface area contributed by atoms with Crippen molar-refractivity contribution in [2.24, 2.45) is 0 Å². The van der Waals surface area contributed by atoms with Crippen molar-refractivity contribution < 1.29 is 14.3 Å². The van der Waals surface area contributed by atoms with Crippen molar-refractivity contribution in [2.75, 3.05) is 39.4 Å². The highest BCUT2D eigenvalue weighted by atomic mass is 16.5. The average molecular weight is 347 g/mol. The fourth-order valence-corrected chi connectivity index (χ4v) is 4.09. The number of nitrogens with one attached hydrogen (secondary N) is 1. The van der Waals surface area contributed by atoms with Crippen molar-refractivity contribution in [3.05, 3.63) is 22.5 Å². The number of rotatable bonds is 5. The molecule has 3 heterocycles. The number of hydrogen-bond donors (Lipinski definition) is 1. The second-order valence-corrected chi connectivity index (χ2v) is 7.13. The fourth-order valence-electron chi connectivity index (χ4n) is 4.09. The van der Waals surface area contributed by atoms with E-state index in [1.807, 2.05) is 11.8 Å². The maximum Gasteiger partial charge on any atom is 0.270 e. The van der Waals surface area contributed by atoms with Crippen molar-refractivity contribution >= 4 is 11.7 Å². The van der Waals surface area contributed by atoms with E-state index in [0.717, 1.165) is 69.9 Å². The molecular weight excluding hydrogens is 318 g/mol. The van der Waals surface area contributed by atoms with Gasteiger partial charge in [0.05, 0.1) is 6.61 Å². The lowest BCUT2D eigenvalue weighted by Gasteiger charge is -2.37. The van der Waals surface area contributed by atoms with Crippen LogP contribution in [-0.2, 0) is 11.2 Å². The molecule has 6 nitrogen and oxygen atoms in total. The minimum atomic E-state index is 0.0290. The summed E-state index contributed by atoms with van der Waals surface area (Å²) in [6.07, 6.45) is 2.75. The van der Waals surface area contributed by atoms with Crippen LogP contribution < -0.4 is 0 Å². The lowest BCUT2D eigenvalue weighted by atomic mass is 10.0. The summed E-state index contributed by atoms with van der Waals surface area (Å²) in [4.78, 5) is 32.6. The number of nitrogens with zero attached hydrogens (tertiary/aromatic N) is 2. The molecule has 3 rings (SSSR count). The first-order chi connectivity index (χ1) is 12.0. The Kier molecular flexibility index (Phi) is 5.59. The molecule has 2 fully saturated rings. The summed E-state index contributed by atoms with van der Waals surface area (Å²) in [5, 5.41) is 0. The van der Waals surface area contributed by atoms with Crippen LogP contribution in [0.25, 0.3) is 0 Å². The Balaban J connectivity index is 1.73. The number of ether oxygens (including phenoxy) is 1. The minimum absolute atomic E-state index is 0.0290. The summed E-state index contributed by atoms with van der Waals surface area (Å²) < 4.78 is 5.48. The minimum Gasteiger partial charge on any atom is -0.380 e. The fraction of sp³-hybridized carbons (Fsp3) is 0.684. The van der Waals surface area contributed by atoms with Gasteiger partial charge in [-0.3, -0.25) is 14.5 Å². The Bertz CT molecular complexity index is 639. The highest BCUT2D eigenvalue weighted by molar-refractivity contribution is 6.02. The number of aromatic amines is 1. The van der Waals surface area contributed by atoms with E-state index in [1.165, 1.54) is 0 Å². The van der Waals surface area contributed by atoms with Crippen LogP contribution >= 0.6 is 0 Å². The van der Waals surface area contributed by atoms with Crippen LogP contribution in [0.15, 0.2) is 0 Å². The first kappa shape index (κ1) is 18.1. The van der Waals surface area contributed by atoms with Crippen LogP contribution in [0.4, 0.5) is 0 Å². The largest absolute Gasteiger partial charge is 0.380 e. The molecule has 1 atom stereocenters. The summed E-state index contributed by atoms with van der Waals surface area (Å²) >= 11 is 0. The molecule has 0 spiro atoms. The SMILES string of the molecule is CCCc1c(C(=O)N2CCN([C@@H]3CCOC3)CC2)[nH]c(C)c1C(C)=O. The zero-order valence-electron chi connectivity index (χ0n) is 15.6. The third-order valence-electron chi connectivity index (χ3n) is 5.38. The van der Waals surface area contributed by atoms with Gasteiger partial charge in [0, 0.05) is 50.1 Å². The van der Waals surface area contributed by atoms with E-state index in [4.69, 9.17) is 4.74 Å². The molecule has 138 valence electrons. The van der Waals surface area contributed by atoms with E-state index in [9.17, 15) is 9.59 Å². The number of Topliss-reactive ketones (excluding diaryl/α,β-unsaturated/α-hetero) is 1. The topological polar surface area (TPSA) is 65.6 Å². The lowest BCUT2D eigenvalue weighted by Crippen LogP contribution is -2.52. The number of hydrogen-bond acceptors (Lipinski definition) is 4. The summed E-state index contributed by atoms with van der Waals surface area (Å²) in [5.74, 6) is 0.0590. The average Bonchev–Trinajstić information content (AvgIpc) is 3.23. The molecule has 0 radical (unpaired) electrons. The molecule has 2 aliphatic heterocycles. The predicted molar refractivity (Wildman–Crippen MR) is 96.2 cm³/mol. The molecule has 1 N–H and O–H groups in total. The summed E-state index contributed by atoms with van der Waals surface area (Å²) in [6, 6.07) is 0.505. The van der Waals surface area contributed by atoms with E-state index < -0.39 is 0 Å². The summed E-state index contributed by atoms with van der Waals surface area (Å²) in [7, 11) is 0. The smallest absolute Gasteiger partial charge is 0.270 e. The molecule has 6 heteroatoms. The number of carbonyl (C=O) groups excluding carboxylic acids is 2. The molecule has 2 saturated heterocycles. The van der Waals surface area contributed by atoms with Gasteiger partial charge in [-0.2, -0.15) is 0 Å². The standard InChI is InChI=1S/C19H29N3O3/c1-4-5-16-17(14(3)23)13(2)20-18(16)19(24)22-9-7-21(8-10-22)15-6-11-25-12-15/h15,20H,4-12H2,1-3H3/t15-/m1/s1. The van der Waals surface area contributed by atoms with Gasteiger partial charge in [0.1, 0.15) is 5.69 Å². The summed E-state index contributed by atoms with van der Waals surface area (Å²) in [5.41, 5.74) is 3.01. The number of aromatic nitrogens is 1. The number of piperazine rings is 1. The maximum absolute atomic E-state index is 13.1. The van der Waals surface area contributed by atoms with Gasteiger partial charge in [0.25, 0.3) is 5.91 Å². The highest BCUT2D eigenvalue weighted by Gasteiger charge is 2.31. The zero-order chi connectivity index (χ0) is 18.0. The van der Waals surface area contributed by atoms with E-state index >= 15 is 0 Å². The third kappa shape index (κ3) is 3.65. The van der Waals surface area contributed by atoms with Crippen molar-refractivity contribution in [1.29, 1.82) is 0 Å². The van der Waals surface area contributed by atoms with Gasteiger partial charge in [-0.05, 0) is 32.3 Å². The molecule has 25 heavy (non-hydrogen) atoms. The molecule has 0 aliphatic carbocycles. The van der Waals surface area contributed by atoms with E-state index in [-0.39, 0.29) is 11.7 Å². The van der Waals surface area contributed by atoms with Gasteiger partial charge in [0.15, 0.2) is 5.78 Å². The van der Waals surface area contributed by atoms with E-state index in [1.54, 1.807) is 6.92 Å². The first-order valence-electron chi connectivity index (χ1n) is 9.36. The molecule has 1 aromatic rings. The molecule has 0 aromatic carbocycles. The Morgan fingerprint density at radius 1 is 1.24 bits per heavy atom. The second-order valence-electron chi connectivity index (χ2n) is 7.13. The van der Waals surface area contributed by atoms with E-state index in [0.29, 0.717) is 17.3 Å². The Labute approximate surface area is 149 Å². The molecule has 0 bridgehead atoms. The second kappa shape index (κ2) is 7.70. The maximum atomic E-state index is 13.1. The molecular formula is C19H29N3O3. The lowest BCUT2D eigenvalue weighted by molar-refractivity contribution is 0.0543. The molecule has 1 aromatic heterocycles. The van der Waals surface area contributed by atoms with Gasteiger partial charge in [0.2, 0.25) is 0 Å². The van der Waals surface area contributed by atoms with Gasteiger partial charge in [-0.1, -0.05) is 13.3 Å². The van der Waals surface area contributed by atoms with Crippen molar-refractivity contribution in [2.45, 2.75) is 46.1 Å². The van der Waals surface area contributed by atoms with Crippen molar-refractivity contribution in [1.82, 2.24) is 14.8 Å². The number of amides is 1. The third-order valence-corrected chi connectivity index (χ3v) is 5.38.